The van der Waals surface area contributed by atoms with Crippen molar-refractivity contribution in [2.75, 3.05) is 0 Å². The van der Waals surface area contributed by atoms with E-state index >= 15 is 0 Å². The van der Waals surface area contributed by atoms with Crippen molar-refractivity contribution in [1.82, 2.24) is 0 Å². The van der Waals surface area contributed by atoms with E-state index in [1.165, 1.54) is 25.0 Å². The van der Waals surface area contributed by atoms with Crippen LogP contribution >= 0.6 is 27.3 Å². The lowest BCUT2D eigenvalue weighted by Crippen LogP contribution is -1.72. The molecule has 0 nitrogen and oxygen atoms in total. The molecule has 0 aliphatic rings. The normalized spacial score (nSPS) is 10.9. The van der Waals surface area contributed by atoms with Gasteiger partial charge in [-0.15, -0.1) is 11.3 Å². The topological polar surface area (TPSA) is 0 Å². The molecule has 0 saturated carbocycles. The van der Waals surface area contributed by atoms with Gasteiger partial charge in [-0.25, -0.2) is 0 Å². The molecular weight excluding hydrogens is 232 g/mol. The van der Waals surface area contributed by atoms with Crippen molar-refractivity contribution in [2.45, 2.75) is 13.8 Å². The molecule has 0 aliphatic heterocycles. The molecule has 0 amide bonds. The predicted octanol–water partition coefficient (Wildman–Crippen LogP) is 4.28. The molecule has 1 heterocycles. The lowest BCUT2D eigenvalue weighted by Gasteiger charge is -1.97. The molecule has 12 heavy (non-hydrogen) atoms. The van der Waals surface area contributed by atoms with E-state index in [0.717, 1.165) is 0 Å². The third kappa shape index (κ3) is 1.19. The Hall–Kier alpha value is -0.340. The van der Waals surface area contributed by atoms with Gasteiger partial charge >= 0.3 is 0 Å². The smallest absolute Gasteiger partial charge is 0.0490 e. The minimum Gasteiger partial charge on any atom is -0.139 e. The van der Waals surface area contributed by atoms with E-state index in [9.17, 15) is 0 Å². The summed E-state index contributed by atoms with van der Waals surface area (Å²) in [5.74, 6) is 0. The standard InChI is InChI=1S/C10H9BrS/c1-6-3-4-8-5-7(2)12-10(8)9(6)11/h3-5H,1-2H3. The van der Waals surface area contributed by atoms with Crippen LogP contribution in [0.15, 0.2) is 22.7 Å². The highest BCUT2D eigenvalue weighted by molar-refractivity contribution is 9.10. The Morgan fingerprint density at radius 3 is 2.75 bits per heavy atom. The summed E-state index contributed by atoms with van der Waals surface area (Å²) in [6.07, 6.45) is 0. The zero-order valence-corrected chi connectivity index (χ0v) is 9.42. The van der Waals surface area contributed by atoms with Crippen molar-refractivity contribution < 1.29 is 0 Å². The third-order valence-corrected chi connectivity index (χ3v) is 4.31. The Labute approximate surface area is 84.4 Å². The number of fused-ring (bicyclic) bond motifs is 1. The molecule has 0 atom stereocenters. The molecule has 0 saturated heterocycles. The van der Waals surface area contributed by atoms with Gasteiger partial charge in [0.05, 0.1) is 0 Å². The van der Waals surface area contributed by atoms with E-state index in [4.69, 9.17) is 0 Å². The average molecular weight is 241 g/mol. The van der Waals surface area contributed by atoms with Crippen molar-refractivity contribution in [3.8, 4) is 0 Å². The molecule has 0 spiro atoms. The molecule has 2 rings (SSSR count). The summed E-state index contributed by atoms with van der Waals surface area (Å²) in [5.41, 5.74) is 1.31. The van der Waals surface area contributed by atoms with Crippen molar-refractivity contribution >= 4 is 37.4 Å². The van der Waals surface area contributed by atoms with Crippen LogP contribution in [0.5, 0.6) is 0 Å². The number of halogens is 1. The van der Waals surface area contributed by atoms with Gasteiger partial charge in [-0.1, -0.05) is 12.1 Å². The molecular formula is C10H9BrS. The van der Waals surface area contributed by atoms with Crippen LogP contribution in [0.2, 0.25) is 0 Å². The number of thiophene rings is 1. The molecule has 0 unspecified atom stereocenters. The van der Waals surface area contributed by atoms with Gasteiger partial charge < -0.3 is 0 Å². The highest BCUT2D eigenvalue weighted by atomic mass is 79.9. The van der Waals surface area contributed by atoms with Gasteiger partial charge in [0.15, 0.2) is 0 Å². The summed E-state index contributed by atoms with van der Waals surface area (Å²) in [4.78, 5) is 1.37. The largest absolute Gasteiger partial charge is 0.139 e. The number of aryl methyl sites for hydroxylation is 2. The third-order valence-electron chi connectivity index (χ3n) is 1.94. The summed E-state index contributed by atoms with van der Waals surface area (Å²) < 4.78 is 2.62. The van der Waals surface area contributed by atoms with E-state index in [1.54, 1.807) is 0 Å². The van der Waals surface area contributed by atoms with Gasteiger partial charge in [-0.05, 0) is 46.8 Å². The maximum atomic E-state index is 3.60. The molecule has 0 radical (unpaired) electrons. The van der Waals surface area contributed by atoms with Crippen LogP contribution in [0.4, 0.5) is 0 Å². The SMILES string of the molecule is Cc1cc2ccc(C)c(Br)c2s1. The van der Waals surface area contributed by atoms with Crippen LogP contribution in [0.25, 0.3) is 10.1 Å². The zero-order chi connectivity index (χ0) is 8.72. The molecule has 0 N–H and O–H groups in total. The Balaban J connectivity index is 2.89. The Morgan fingerprint density at radius 1 is 1.25 bits per heavy atom. The van der Waals surface area contributed by atoms with Gasteiger partial charge in [0.2, 0.25) is 0 Å². The number of hydrogen-bond acceptors (Lipinski definition) is 1. The maximum Gasteiger partial charge on any atom is 0.0490 e. The quantitative estimate of drug-likeness (QED) is 0.645. The number of rotatable bonds is 0. The summed E-state index contributed by atoms with van der Waals surface area (Å²) >= 11 is 5.45. The van der Waals surface area contributed by atoms with Crippen LogP contribution in [-0.4, -0.2) is 0 Å². The Morgan fingerprint density at radius 2 is 2.00 bits per heavy atom. The summed E-state index contributed by atoms with van der Waals surface area (Å²) in [6.45, 7) is 4.27. The van der Waals surface area contributed by atoms with E-state index in [0.29, 0.717) is 0 Å². The summed E-state index contributed by atoms with van der Waals surface area (Å²) in [5, 5.41) is 1.34. The van der Waals surface area contributed by atoms with Crippen LogP contribution in [-0.2, 0) is 0 Å². The first-order chi connectivity index (χ1) is 5.68. The molecule has 0 bridgehead atoms. The second-order valence-electron chi connectivity index (χ2n) is 2.97. The number of benzene rings is 1. The Kier molecular flexibility index (Phi) is 1.97. The summed E-state index contributed by atoms with van der Waals surface area (Å²) in [6, 6.07) is 6.56. The van der Waals surface area contributed by atoms with Crippen molar-refractivity contribution in [2.24, 2.45) is 0 Å². The fourth-order valence-electron chi connectivity index (χ4n) is 1.30. The van der Waals surface area contributed by atoms with E-state index < -0.39 is 0 Å². The fraction of sp³-hybridized carbons (Fsp3) is 0.200. The van der Waals surface area contributed by atoms with Crippen molar-refractivity contribution in [3.05, 3.63) is 33.1 Å². The molecule has 0 fully saturated rings. The molecule has 1 aromatic carbocycles. The van der Waals surface area contributed by atoms with Gasteiger partial charge in [0.1, 0.15) is 0 Å². The maximum absolute atomic E-state index is 3.60. The molecule has 62 valence electrons. The van der Waals surface area contributed by atoms with Crippen LogP contribution in [0.3, 0.4) is 0 Å². The zero-order valence-electron chi connectivity index (χ0n) is 7.02. The van der Waals surface area contributed by atoms with Crippen molar-refractivity contribution in [3.63, 3.8) is 0 Å². The minimum absolute atomic E-state index is 1.25. The van der Waals surface area contributed by atoms with Gasteiger partial charge in [0.25, 0.3) is 0 Å². The second-order valence-corrected chi connectivity index (χ2v) is 5.02. The first kappa shape index (κ1) is 8.27. The lowest BCUT2D eigenvalue weighted by atomic mass is 10.2. The van der Waals surface area contributed by atoms with Gasteiger partial charge in [0, 0.05) is 14.0 Å². The van der Waals surface area contributed by atoms with Gasteiger partial charge in [-0.3, -0.25) is 0 Å². The predicted molar refractivity (Wildman–Crippen MR) is 59.0 cm³/mol. The summed E-state index contributed by atoms with van der Waals surface area (Å²) in [7, 11) is 0. The van der Waals surface area contributed by atoms with Crippen LogP contribution in [0.1, 0.15) is 10.4 Å². The first-order valence-electron chi connectivity index (χ1n) is 3.84. The molecule has 2 aromatic rings. The highest BCUT2D eigenvalue weighted by Gasteiger charge is 2.03. The van der Waals surface area contributed by atoms with E-state index in [1.807, 2.05) is 11.3 Å². The van der Waals surface area contributed by atoms with E-state index in [2.05, 4.69) is 48.0 Å². The van der Waals surface area contributed by atoms with Crippen LogP contribution in [0, 0.1) is 13.8 Å². The molecule has 1 aromatic heterocycles. The molecule has 2 heteroatoms. The monoisotopic (exact) mass is 240 g/mol. The molecule has 0 aliphatic carbocycles. The van der Waals surface area contributed by atoms with Crippen molar-refractivity contribution in [1.29, 1.82) is 0 Å². The highest BCUT2D eigenvalue weighted by Crippen LogP contribution is 2.33. The number of hydrogen-bond donors (Lipinski definition) is 0. The van der Waals surface area contributed by atoms with Crippen LogP contribution < -0.4 is 0 Å². The van der Waals surface area contributed by atoms with E-state index in [-0.39, 0.29) is 0 Å². The first-order valence-corrected chi connectivity index (χ1v) is 5.44. The minimum atomic E-state index is 1.25. The average Bonchev–Trinajstić information content (AvgIpc) is 2.39. The second kappa shape index (κ2) is 2.86. The lowest BCUT2D eigenvalue weighted by molar-refractivity contribution is 1.48. The van der Waals surface area contributed by atoms with Gasteiger partial charge in [-0.2, -0.15) is 0 Å². The fourth-order valence-corrected chi connectivity index (χ4v) is 2.90. The Bertz CT molecular complexity index is 429.